The highest BCUT2D eigenvalue weighted by Crippen LogP contribution is 2.25. The van der Waals surface area contributed by atoms with Crippen molar-refractivity contribution in [2.24, 2.45) is 7.05 Å². The van der Waals surface area contributed by atoms with Crippen LogP contribution in [-0.4, -0.2) is 50.7 Å². The van der Waals surface area contributed by atoms with Gasteiger partial charge in [-0.2, -0.15) is 0 Å². The van der Waals surface area contributed by atoms with Gasteiger partial charge >= 0.3 is 0 Å². The maximum atomic E-state index is 6.01. The van der Waals surface area contributed by atoms with Crippen molar-refractivity contribution in [3.8, 4) is 0 Å². The summed E-state index contributed by atoms with van der Waals surface area (Å²) in [6.45, 7) is 6.08. The number of hydrogen-bond donors (Lipinski definition) is 0. The SMILES string of the molecule is Cc1nnc(CN(C)[C@@H]2CCN(Cc3ccc(Cl)s3)C2)n1C. The zero-order valence-corrected chi connectivity index (χ0v) is 14.9. The molecule has 2 aromatic rings. The molecule has 7 heteroatoms. The molecule has 5 nitrogen and oxygen atoms in total. The molecule has 0 aliphatic carbocycles. The summed E-state index contributed by atoms with van der Waals surface area (Å²) < 4.78 is 2.94. The second-order valence-electron chi connectivity index (χ2n) is 6.02. The lowest BCUT2D eigenvalue weighted by atomic mass is 10.2. The van der Waals surface area contributed by atoms with E-state index in [1.54, 1.807) is 11.3 Å². The first-order valence-electron chi connectivity index (χ1n) is 7.54. The molecule has 120 valence electrons. The highest BCUT2D eigenvalue weighted by molar-refractivity contribution is 7.16. The van der Waals surface area contributed by atoms with Gasteiger partial charge in [0.25, 0.3) is 0 Å². The molecule has 3 heterocycles. The fraction of sp³-hybridized carbons (Fsp3) is 0.600. The maximum absolute atomic E-state index is 6.01. The summed E-state index contributed by atoms with van der Waals surface area (Å²) in [6.07, 6.45) is 1.20. The highest BCUT2D eigenvalue weighted by atomic mass is 35.5. The first kappa shape index (κ1) is 15.9. The van der Waals surface area contributed by atoms with E-state index in [0.717, 1.165) is 42.2 Å². The Balaban J connectivity index is 1.54. The van der Waals surface area contributed by atoms with Crippen molar-refractivity contribution >= 4 is 22.9 Å². The third-order valence-electron chi connectivity index (χ3n) is 4.45. The van der Waals surface area contributed by atoms with Crippen LogP contribution in [-0.2, 0) is 20.1 Å². The molecule has 1 saturated heterocycles. The van der Waals surface area contributed by atoms with E-state index in [1.807, 2.05) is 20.0 Å². The summed E-state index contributed by atoms with van der Waals surface area (Å²) in [6, 6.07) is 4.69. The van der Waals surface area contributed by atoms with Crippen LogP contribution >= 0.6 is 22.9 Å². The van der Waals surface area contributed by atoms with Crippen LogP contribution in [0.25, 0.3) is 0 Å². The summed E-state index contributed by atoms with van der Waals surface area (Å²) in [7, 11) is 4.21. The molecule has 0 aromatic carbocycles. The van der Waals surface area contributed by atoms with Gasteiger partial charge in [0.05, 0.1) is 10.9 Å². The van der Waals surface area contributed by atoms with E-state index < -0.39 is 0 Å². The van der Waals surface area contributed by atoms with Crippen LogP contribution in [0.3, 0.4) is 0 Å². The van der Waals surface area contributed by atoms with Gasteiger partial charge in [-0.15, -0.1) is 21.5 Å². The molecule has 0 bridgehead atoms. The smallest absolute Gasteiger partial charge is 0.146 e. The lowest BCUT2D eigenvalue weighted by Gasteiger charge is -2.24. The second-order valence-corrected chi connectivity index (χ2v) is 7.82. The minimum absolute atomic E-state index is 0.576. The molecule has 0 saturated carbocycles. The third kappa shape index (κ3) is 3.51. The Morgan fingerprint density at radius 1 is 1.41 bits per heavy atom. The Labute approximate surface area is 140 Å². The maximum Gasteiger partial charge on any atom is 0.146 e. The van der Waals surface area contributed by atoms with Crippen molar-refractivity contribution in [3.05, 3.63) is 33.0 Å². The number of hydrogen-bond acceptors (Lipinski definition) is 5. The van der Waals surface area contributed by atoms with Gasteiger partial charge in [-0.25, -0.2) is 0 Å². The van der Waals surface area contributed by atoms with Crippen molar-refractivity contribution < 1.29 is 0 Å². The van der Waals surface area contributed by atoms with Crippen LogP contribution < -0.4 is 0 Å². The zero-order chi connectivity index (χ0) is 15.7. The average Bonchev–Trinajstić information content (AvgIpc) is 3.17. The van der Waals surface area contributed by atoms with Crippen LogP contribution in [0.2, 0.25) is 4.34 Å². The molecule has 2 aromatic heterocycles. The lowest BCUT2D eigenvalue weighted by molar-refractivity contribution is 0.217. The van der Waals surface area contributed by atoms with E-state index in [1.165, 1.54) is 11.3 Å². The van der Waals surface area contributed by atoms with Gasteiger partial charge in [0.1, 0.15) is 11.6 Å². The number of thiophene rings is 1. The molecule has 3 rings (SSSR count). The second kappa shape index (κ2) is 6.66. The Morgan fingerprint density at radius 2 is 2.23 bits per heavy atom. The van der Waals surface area contributed by atoms with Crippen molar-refractivity contribution in [1.29, 1.82) is 0 Å². The molecule has 0 radical (unpaired) electrons. The lowest BCUT2D eigenvalue weighted by Crippen LogP contribution is -2.34. The fourth-order valence-electron chi connectivity index (χ4n) is 2.91. The van der Waals surface area contributed by atoms with E-state index in [4.69, 9.17) is 11.6 Å². The summed E-state index contributed by atoms with van der Waals surface area (Å²) in [5, 5.41) is 8.39. The van der Waals surface area contributed by atoms with Crippen molar-refractivity contribution in [2.45, 2.75) is 32.5 Å². The number of likely N-dealkylation sites (tertiary alicyclic amines) is 1. The molecule has 1 aliphatic heterocycles. The predicted molar refractivity (Wildman–Crippen MR) is 90.2 cm³/mol. The van der Waals surface area contributed by atoms with Crippen LogP contribution in [0.1, 0.15) is 22.9 Å². The van der Waals surface area contributed by atoms with Gasteiger partial charge in [0, 0.05) is 37.6 Å². The van der Waals surface area contributed by atoms with E-state index in [-0.39, 0.29) is 0 Å². The molecular weight excluding hydrogens is 318 g/mol. The number of aromatic nitrogens is 3. The van der Waals surface area contributed by atoms with Gasteiger partial charge in [-0.1, -0.05) is 11.6 Å². The van der Waals surface area contributed by atoms with E-state index >= 15 is 0 Å². The monoisotopic (exact) mass is 339 g/mol. The van der Waals surface area contributed by atoms with Gasteiger partial charge in [0.15, 0.2) is 0 Å². The van der Waals surface area contributed by atoms with E-state index in [2.05, 4.69) is 37.7 Å². The summed E-state index contributed by atoms with van der Waals surface area (Å²) >= 11 is 7.69. The van der Waals surface area contributed by atoms with Gasteiger partial charge in [-0.05, 0) is 32.5 Å². The van der Waals surface area contributed by atoms with Gasteiger partial charge in [-0.3, -0.25) is 9.80 Å². The molecule has 22 heavy (non-hydrogen) atoms. The summed E-state index contributed by atoms with van der Waals surface area (Å²) in [5.74, 6) is 1.99. The topological polar surface area (TPSA) is 37.2 Å². The Morgan fingerprint density at radius 3 is 2.86 bits per heavy atom. The number of likely N-dealkylation sites (N-methyl/N-ethyl adjacent to an activating group) is 1. The predicted octanol–water partition coefficient (Wildman–Crippen LogP) is 2.54. The molecule has 0 amide bonds. The van der Waals surface area contributed by atoms with Crippen LogP contribution in [0.4, 0.5) is 0 Å². The molecule has 0 spiro atoms. The molecule has 1 aliphatic rings. The van der Waals surface area contributed by atoms with Crippen molar-refractivity contribution in [1.82, 2.24) is 24.6 Å². The molecule has 1 fully saturated rings. The Hall–Kier alpha value is -0.950. The summed E-state index contributed by atoms with van der Waals surface area (Å²) in [4.78, 5) is 6.24. The normalized spacial score (nSPS) is 19.4. The first-order chi connectivity index (χ1) is 10.5. The summed E-state index contributed by atoms with van der Waals surface area (Å²) in [5.41, 5.74) is 0. The Bertz CT molecular complexity index is 638. The average molecular weight is 340 g/mol. The minimum Gasteiger partial charge on any atom is -0.317 e. The van der Waals surface area contributed by atoms with Crippen LogP contribution in [0, 0.1) is 6.92 Å². The zero-order valence-electron chi connectivity index (χ0n) is 13.3. The first-order valence-corrected chi connectivity index (χ1v) is 8.74. The minimum atomic E-state index is 0.576. The molecular formula is C15H22ClN5S. The number of halogens is 1. The standard InChI is InChI=1S/C15H22ClN5S/c1-11-17-18-15(20(11)3)10-19(2)12-6-7-21(8-12)9-13-4-5-14(16)22-13/h4-5,12H,6-10H2,1-3H3/t12-/m1/s1. The van der Waals surface area contributed by atoms with Gasteiger partial charge in [0.2, 0.25) is 0 Å². The van der Waals surface area contributed by atoms with Crippen molar-refractivity contribution in [2.75, 3.05) is 20.1 Å². The fourth-order valence-corrected chi connectivity index (χ4v) is 4.04. The number of aryl methyl sites for hydroxylation is 1. The molecule has 1 atom stereocenters. The Kier molecular flexibility index (Phi) is 4.82. The van der Waals surface area contributed by atoms with Crippen LogP contribution in [0.5, 0.6) is 0 Å². The third-order valence-corrected chi connectivity index (χ3v) is 5.67. The number of nitrogens with zero attached hydrogens (tertiary/aromatic N) is 5. The van der Waals surface area contributed by atoms with Crippen molar-refractivity contribution in [3.63, 3.8) is 0 Å². The largest absolute Gasteiger partial charge is 0.317 e. The highest BCUT2D eigenvalue weighted by Gasteiger charge is 2.26. The van der Waals surface area contributed by atoms with E-state index in [9.17, 15) is 0 Å². The van der Waals surface area contributed by atoms with Crippen LogP contribution in [0.15, 0.2) is 12.1 Å². The molecule has 0 unspecified atom stereocenters. The molecule has 0 N–H and O–H groups in total. The quantitative estimate of drug-likeness (QED) is 0.839. The number of rotatable bonds is 5. The van der Waals surface area contributed by atoms with Gasteiger partial charge < -0.3 is 4.57 Å². The van der Waals surface area contributed by atoms with E-state index in [0.29, 0.717) is 6.04 Å².